The first kappa shape index (κ1) is 14.7. The molecule has 0 radical (unpaired) electrons. The minimum atomic E-state index is -0.864. The van der Waals surface area contributed by atoms with Crippen LogP contribution in [0.1, 0.15) is 28.8 Å². The van der Waals surface area contributed by atoms with Gasteiger partial charge in [0, 0.05) is 15.5 Å². The maximum Gasteiger partial charge on any atom is 0.325 e. The van der Waals surface area contributed by atoms with Crippen molar-refractivity contribution in [3.8, 4) is 0 Å². The Morgan fingerprint density at radius 1 is 1.22 bits per heavy atom. The van der Waals surface area contributed by atoms with Crippen LogP contribution in [0.25, 0.3) is 0 Å². The van der Waals surface area contributed by atoms with Gasteiger partial charge in [-0.05, 0) is 48.4 Å². The molecule has 1 aromatic heterocycles. The van der Waals surface area contributed by atoms with Crippen LogP contribution in [-0.4, -0.2) is 16.8 Å². The van der Waals surface area contributed by atoms with Crippen LogP contribution in [0.4, 0.5) is 4.79 Å². The molecule has 23 heavy (non-hydrogen) atoms. The van der Waals surface area contributed by atoms with E-state index in [1.165, 1.54) is 9.78 Å². The first-order valence-electron chi connectivity index (χ1n) is 7.55. The summed E-state index contributed by atoms with van der Waals surface area (Å²) in [4.78, 5) is 28.0. The third-order valence-corrected chi connectivity index (χ3v) is 5.82. The van der Waals surface area contributed by atoms with Crippen LogP contribution in [-0.2, 0) is 23.3 Å². The summed E-state index contributed by atoms with van der Waals surface area (Å²) in [7, 11) is 0. The van der Waals surface area contributed by atoms with Crippen molar-refractivity contribution in [2.75, 3.05) is 0 Å². The van der Waals surface area contributed by atoms with Gasteiger partial charge in [-0.1, -0.05) is 23.7 Å². The molecule has 2 heterocycles. The normalized spacial score (nSPS) is 23.3. The number of halogens is 1. The molecule has 1 fully saturated rings. The molecule has 1 saturated heterocycles. The maximum absolute atomic E-state index is 13.0. The molecule has 1 spiro atoms. The van der Waals surface area contributed by atoms with Crippen LogP contribution < -0.4 is 5.32 Å². The number of carbonyl (C=O) groups excluding carboxylic acids is 2. The molecule has 0 bridgehead atoms. The number of imide groups is 1. The van der Waals surface area contributed by atoms with Crippen molar-refractivity contribution < 1.29 is 9.59 Å². The molecule has 4 nitrogen and oxygen atoms in total. The number of thiophene rings is 1. The van der Waals surface area contributed by atoms with Gasteiger partial charge in [0.15, 0.2) is 0 Å². The lowest BCUT2D eigenvalue weighted by Crippen LogP contribution is -2.46. The van der Waals surface area contributed by atoms with Gasteiger partial charge in [-0.3, -0.25) is 9.69 Å². The Kier molecular flexibility index (Phi) is 3.43. The summed E-state index contributed by atoms with van der Waals surface area (Å²) in [6.45, 7) is 0.267. The Bertz CT molecular complexity index is 786. The lowest BCUT2D eigenvalue weighted by atomic mass is 9.80. The van der Waals surface area contributed by atoms with Crippen molar-refractivity contribution in [3.63, 3.8) is 0 Å². The van der Waals surface area contributed by atoms with Crippen LogP contribution in [0.5, 0.6) is 0 Å². The summed E-state index contributed by atoms with van der Waals surface area (Å²) >= 11 is 7.55. The average Bonchev–Trinajstić information content (AvgIpc) is 3.10. The standard InChI is InChI=1S/C17H15ClN2O2S/c18-12-5-3-11(4-6-12)10-20-15(21)17(19-16(20)22)8-1-2-14-13(17)7-9-23-14/h3-7,9H,1-2,8,10H2,(H,19,22). The fraction of sp³-hybridized carbons (Fsp3) is 0.294. The number of amides is 3. The minimum Gasteiger partial charge on any atom is -0.319 e. The Hall–Kier alpha value is -1.85. The van der Waals surface area contributed by atoms with E-state index in [-0.39, 0.29) is 18.5 Å². The van der Waals surface area contributed by atoms with E-state index in [0.29, 0.717) is 11.4 Å². The number of hydrogen-bond donors (Lipinski definition) is 1. The Morgan fingerprint density at radius 2 is 2.00 bits per heavy atom. The monoisotopic (exact) mass is 346 g/mol. The molecule has 6 heteroatoms. The van der Waals surface area contributed by atoms with E-state index in [4.69, 9.17) is 11.6 Å². The van der Waals surface area contributed by atoms with Gasteiger partial charge >= 0.3 is 6.03 Å². The van der Waals surface area contributed by atoms with Crippen LogP contribution in [0.2, 0.25) is 5.02 Å². The summed E-state index contributed by atoms with van der Waals surface area (Å²) in [5, 5.41) is 5.60. The summed E-state index contributed by atoms with van der Waals surface area (Å²) in [6, 6.07) is 8.87. The molecule has 1 aromatic carbocycles. The van der Waals surface area contributed by atoms with Crippen LogP contribution in [0, 0.1) is 0 Å². The zero-order chi connectivity index (χ0) is 16.0. The van der Waals surface area contributed by atoms with Crippen molar-refractivity contribution in [2.45, 2.75) is 31.3 Å². The number of nitrogens with zero attached hydrogens (tertiary/aromatic N) is 1. The highest BCUT2D eigenvalue weighted by Gasteiger charge is 2.54. The molecule has 118 valence electrons. The van der Waals surface area contributed by atoms with E-state index in [2.05, 4.69) is 5.32 Å². The topological polar surface area (TPSA) is 49.4 Å². The van der Waals surface area contributed by atoms with Crippen molar-refractivity contribution in [3.05, 3.63) is 56.7 Å². The Morgan fingerprint density at radius 3 is 2.78 bits per heavy atom. The largest absolute Gasteiger partial charge is 0.325 e. The number of nitrogens with one attached hydrogen (secondary N) is 1. The second kappa shape index (κ2) is 5.35. The zero-order valence-electron chi connectivity index (χ0n) is 12.3. The SMILES string of the molecule is O=C1NC2(CCCc3sccc32)C(=O)N1Cc1ccc(Cl)cc1. The summed E-state index contributed by atoms with van der Waals surface area (Å²) in [6.07, 6.45) is 2.56. The molecular weight excluding hydrogens is 332 g/mol. The molecule has 0 saturated carbocycles. The summed E-state index contributed by atoms with van der Waals surface area (Å²) in [5.74, 6) is -0.142. The van der Waals surface area contributed by atoms with Gasteiger partial charge < -0.3 is 5.32 Å². The fourth-order valence-corrected chi connectivity index (χ4v) is 4.58. The Labute approximate surface area is 143 Å². The van der Waals surface area contributed by atoms with Gasteiger partial charge in [-0.15, -0.1) is 11.3 Å². The van der Waals surface area contributed by atoms with Gasteiger partial charge in [0.2, 0.25) is 0 Å². The average molecular weight is 347 g/mol. The van der Waals surface area contributed by atoms with E-state index >= 15 is 0 Å². The first-order chi connectivity index (χ1) is 11.1. The van der Waals surface area contributed by atoms with E-state index in [1.54, 1.807) is 23.5 Å². The van der Waals surface area contributed by atoms with E-state index in [1.807, 2.05) is 23.6 Å². The quantitative estimate of drug-likeness (QED) is 0.843. The van der Waals surface area contributed by atoms with E-state index < -0.39 is 5.54 Å². The van der Waals surface area contributed by atoms with Gasteiger partial charge in [-0.2, -0.15) is 0 Å². The molecule has 2 aliphatic rings. The third kappa shape index (κ3) is 2.26. The number of benzene rings is 1. The lowest BCUT2D eigenvalue weighted by molar-refractivity contribution is -0.132. The highest BCUT2D eigenvalue weighted by atomic mass is 35.5. The van der Waals surface area contributed by atoms with Gasteiger partial charge in [0.1, 0.15) is 5.54 Å². The number of rotatable bonds is 2. The smallest absolute Gasteiger partial charge is 0.319 e. The van der Waals surface area contributed by atoms with E-state index in [9.17, 15) is 9.59 Å². The number of urea groups is 1. The molecule has 1 N–H and O–H groups in total. The van der Waals surface area contributed by atoms with Gasteiger partial charge in [-0.25, -0.2) is 4.79 Å². The number of hydrogen-bond acceptors (Lipinski definition) is 3. The third-order valence-electron chi connectivity index (χ3n) is 4.59. The van der Waals surface area contributed by atoms with Gasteiger partial charge in [0.05, 0.1) is 6.54 Å². The number of carbonyl (C=O) groups is 2. The highest BCUT2D eigenvalue weighted by Crippen LogP contribution is 2.42. The second-order valence-electron chi connectivity index (χ2n) is 5.96. The predicted octanol–water partition coefficient (Wildman–Crippen LogP) is 3.69. The van der Waals surface area contributed by atoms with Crippen LogP contribution >= 0.6 is 22.9 Å². The van der Waals surface area contributed by atoms with Gasteiger partial charge in [0.25, 0.3) is 5.91 Å². The molecule has 2 aromatic rings. The molecule has 1 unspecified atom stereocenters. The van der Waals surface area contributed by atoms with Crippen LogP contribution in [0.15, 0.2) is 35.7 Å². The first-order valence-corrected chi connectivity index (χ1v) is 8.81. The molecular formula is C17H15ClN2O2S. The molecule has 3 amide bonds. The van der Waals surface area contributed by atoms with Crippen molar-refractivity contribution in [2.24, 2.45) is 0 Å². The Balaban J connectivity index is 1.66. The van der Waals surface area contributed by atoms with Crippen molar-refractivity contribution in [1.82, 2.24) is 10.2 Å². The van der Waals surface area contributed by atoms with E-state index in [0.717, 1.165) is 24.0 Å². The number of aryl methyl sites for hydroxylation is 1. The van der Waals surface area contributed by atoms with Crippen LogP contribution in [0.3, 0.4) is 0 Å². The van der Waals surface area contributed by atoms with Crippen molar-refractivity contribution >= 4 is 34.9 Å². The summed E-state index contributed by atoms with van der Waals surface area (Å²) in [5.41, 5.74) is 0.999. The minimum absolute atomic E-state index is 0.142. The molecule has 1 aliphatic carbocycles. The molecule has 4 rings (SSSR count). The number of fused-ring (bicyclic) bond motifs is 2. The fourth-order valence-electron chi connectivity index (χ4n) is 3.46. The molecule has 1 atom stereocenters. The maximum atomic E-state index is 13.0. The highest BCUT2D eigenvalue weighted by molar-refractivity contribution is 7.10. The second-order valence-corrected chi connectivity index (χ2v) is 7.40. The summed E-state index contributed by atoms with van der Waals surface area (Å²) < 4.78 is 0. The van der Waals surface area contributed by atoms with Crippen molar-refractivity contribution in [1.29, 1.82) is 0 Å². The predicted molar refractivity (Wildman–Crippen MR) is 89.5 cm³/mol. The zero-order valence-corrected chi connectivity index (χ0v) is 13.9. The molecule has 1 aliphatic heterocycles. The lowest BCUT2D eigenvalue weighted by Gasteiger charge is -2.31.